The second-order valence-electron chi connectivity index (χ2n) is 6.75. The van der Waals surface area contributed by atoms with Crippen LogP contribution < -0.4 is 16.4 Å². The molecule has 0 saturated carbocycles. The van der Waals surface area contributed by atoms with Gasteiger partial charge in [0.05, 0.1) is 23.0 Å². The van der Waals surface area contributed by atoms with E-state index in [2.05, 4.69) is 27.2 Å². The van der Waals surface area contributed by atoms with Crippen molar-refractivity contribution >= 4 is 45.7 Å². The molecule has 1 amide bonds. The lowest BCUT2D eigenvalue weighted by atomic mass is 10.1. The Morgan fingerprint density at radius 2 is 1.97 bits per heavy atom. The number of benzene rings is 2. The quantitative estimate of drug-likeness (QED) is 0.304. The van der Waals surface area contributed by atoms with Crippen molar-refractivity contribution in [2.75, 3.05) is 11.1 Å². The zero-order chi connectivity index (χ0) is 23.3. The third kappa shape index (κ3) is 5.73. The number of anilines is 3. The van der Waals surface area contributed by atoms with Crippen LogP contribution in [-0.2, 0) is 6.18 Å². The van der Waals surface area contributed by atoms with E-state index >= 15 is 0 Å². The van der Waals surface area contributed by atoms with E-state index in [1.807, 2.05) is 0 Å². The van der Waals surface area contributed by atoms with E-state index in [0.717, 1.165) is 17.0 Å². The normalized spacial score (nSPS) is 12.5. The number of rotatable bonds is 7. The van der Waals surface area contributed by atoms with Crippen molar-refractivity contribution in [1.29, 1.82) is 0 Å². The lowest BCUT2D eigenvalue weighted by molar-refractivity contribution is -0.137. The third-order valence-electron chi connectivity index (χ3n) is 4.37. The number of halogens is 3. The van der Waals surface area contributed by atoms with Crippen LogP contribution >= 0.6 is 11.3 Å². The van der Waals surface area contributed by atoms with Crippen LogP contribution in [0.5, 0.6) is 0 Å². The summed E-state index contributed by atoms with van der Waals surface area (Å²) in [7, 11) is 0. The number of aliphatic imine (C=N–C) groups is 1. The molecule has 0 fully saturated rings. The van der Waals surface area contributed by atoms with Crippen molar-refractivity contribution in [2.45, 2.75) is 19.1 Å². The molecule has 0 radical (unpaired) electrons. The molecule has 1 heterocycles. The second-order valence-corrected chi connectivity index (χ2v) is 7.81. The highest BCUT2D eigenvalue weighted by Crippen LogP contribution is 2.32. The molecule has 0 aliphatic rings. The Hall–Kier alpha value is -3.66. The van der Waals surface area contributed by atoms with Gasteiger partial charge in [-0.15, -0.1) is 0 Å². The Balaban J connectivity index is 1.63. The van der Waals surface area contributed by atoms with Gasteiger partial charge in [0.15, 0.2) is 5.13 Å². The van der Waals surface area contributed by atoms with Crippen molar-refractivity contribution in [3.8, 4) is 0 Å². The summed E-state index contributed by atoms with van der Waals surface area (Å²) in [5.41, 5.74) is 6.99. The summed E-state index contributed by atoms with van der Waals surface area (Å²) in [5, 5.41) is 6.33. The Labute approximate surface area is 186 Å². The highest BCUT2D eigenvalue weighted by atomic mass is 32.1. The van der Waals surface area contributed by atoms with Gasteiger partial charge in [0.25, 0.3) is 5.91 Å². The fourth-order valence-corrected chi connectivity index (χ4v) is 3.55. The van der Waals surface area contributed by atoms with Crippen LogP contribution in [0, 0.1) is 0 Å². The van der Waals surface area contributed by atoms with Crippen molar-refractivity contribution in [1.82, 2.24) is 10.3 Å². The third-order valence-corrected chi connectivity index (χ3v) is 5.47. The molecular weight excluding hydrogens is 439 g/mol. The second kappa shape index (κ2) is 9.65. The van der Waals surface area contributed by atoms with Crippen LogP contribution in [0.2, 0.25) is 0 Å². The van der Waals surface area contributed by atoms with Gasteiger partial charge in [-0.3, -0.25) is 9.79 Å². The summed E-state index contributed by atoms with van der Waals surface area (Å²) in [4.78, 5) is 21.7. The largest absolute Gasteiger partial charge is 0.416 e. The monoisotopic (exact) mass is 459 g/mol. The van der Waals surface area contributed by atoms with Crippen molar-refractivity contribution < 1.29 is 18.0 Å². The van der Waals surface area contributed by atoms with E-state index in [-0.39, 0.29) is 11.9 Å². The van der Waals surface area contributed by atoms with Crippen LogP contribution in [0.3, 0.4) is 0 Å². The summed E-state index contributed by atoms with van der Waals surface area (Å²) < 4.78 is 38.0. The van der Waals surface area contributed by atoms with Crippen LogP contribution in [0.15, 0.2) is 66.3 Å². The van der Waals surface area contributed by atoms with Gasteiger partial charge in [-0.1, -0.05) is 24.0 Å². The van der Waals surface area contributed by atoms with Crippen molar-refractivity contribution in [2.24, 2.45) is 4.99 Å². The SMILES string of the molecule is C=CC=Nc1ccc(C(=O)NC(C)c2cnc(Nc3ccc(C(F)(F)F)cc3)s2)cc1N. The summed E-state index contributed by atoms with van der Waals surface area (Å²) in [6.45, 7) is 5.35. The molecule has 0 aliphatic carbocycles. The molecule has 3 rings (SSSR count). The van der Waals surface area contributed by atoms with Gasteiger partial charge in [-0.25, -0.2) is 4.98 Å². The average molecular weight is 459 g/mol. The maximum atomic E-state index is 12.7. The van der Waals surface area contributed by atoms with Gasteiger partial charge in [0.1, 0.15) is 0 Å². The standard InChI is InChI=1S/C22H20F3N5OS/c1-3-10-27-18-9-4-14(11-17(18)26)20(31)29-13(2)19-12-28-21(32-19)30-16-7-5-15(6-8-16)22(23,24)25/h3-13H,1,26H2,2H3,(H,28,30)(H,29,31). The summed E-state index contributed by atoms with van der Waals surface area (Å²) in [6, 6.07) is 9.14. The zero-order valence-corrected chi connectivity index (χ0v) is 17.8. The van der Waals surface area contributed by atoms with Crippen LogP contribution in [0.25, 0.3) is 0 Å². The zero-order valence-electron chi connectivity index (χ0n) is 17.0. The maximum Gasteiger partial charge on any atom is 0.416 e. The topological polar surface area (TPSA) is 92.4 Å². The Bertz CT molecular complexity index is 1140. The molecule has 1 aromatic heterocycles. The van der Waals surface area contributed by atoms with E-state index in [9.17, 15) is 18.0 Å². The first-order valence-electron chi connectivity index (χ1n) is 9.43. The lowest BCUT2D eigenvalue weighted by Crippen LogP contribution is -2.26. The first kappa shape index (κ1) is 23.0. The number of carbonyl (C=O) groups excluding carboxylic acids is 1. The van der Waals surface area contributed by atoms with Crippen LogP contribution in [0.4, 0.5) is 35.4 Å². The summed E-state index contributed by atoms with van der Waals surface area (Å²) in [5.74, 6) is -0.311. The Morgan fingerprint density at radius 3 is 2.59 bits per heavy atom. The molecule has 2 aromatic carbocycles. The molecule has 166 valence electrons. The van der Waals surface area contributed by atoms with E-state index < -0.39 is 11.7 Å². The predicted molar refractivity (Wildman–Crippen MR) is 122 cm³/mol. The molecule has 0 aliphatic heterocycles. The van der Waals surface area contributed by atoms with Crippen molar-refractivity contribution in [3.05, 3.63) is 77.3 Å². The highest BCUT2D eigenvalue weighted by molar-refractivity contribution is 7.15. The minimum absolute atomic E-state index is 0.311. The molecule has 32 heavy (non-hydrogen) atoms. The van der Waals surface area contributed by atoms with Gasteiger partial charge in [0.2, 0.25) is 0 Å². The number of hydrogen-bond acceptors (Lipinski definition) is 6. The van der Waals surface area contributed by atoms with Crippen molar-refractivity contribution in [3.63, 3.8) is 0 Å². The summed E-state index contributed by atoms with van der Waals surface area (Å²) >= 11 is 1.29. The molecular formula is C22H20F3N5OS. The Kier molecular flexibility index (Phi) is 6.94. The number of amides is 1. The first-order valence-corrected chi connectivity index (χ1v) is 10.2. The fourth-order valence-electron chi connectivity index (χ4n) is 2.71. The average Bonchev–Trinajstić information content (AvgIpc) is 3.21. The van der Waals surface area contributed by atoms with E-state index in [0.29, 0.717) is 27.8 Å². The molecule has 4 N–H and O–H groups in total. The number of hydrogen-bond donors (Lipinski definition) is 3. The summed E-state index contributed by atoms with van der Waals surface area (Å²) in [6.07, 6.45) is 0.249. The number of carbonyl (C=O) groups is 1. The molecule has 0 bridgehead atoms. The molecule has 6 nitrogen and oxygen atoms in total. The van der Waals surface area contributed by atoms with Gasteiger partial charge < -0.3 is 16.4 Å². The molecule has 3 aromatic rings. The number of nitrogen functional groups attached to an aromatic ring is 1. The fraction of sp³-hybridized carbons (Fsp3) is 0.136. The van der Waals surface area contributed by atoms with Crippen LogP contribution in [0.1, 0.15) is 33.8 Å². The van der Waals surface area contributed by atoms with Gasteiger partial charge in [-0.05, 0) is 49.4 Å². The van der Waals surface area contributed by atoms with Gasteiger partial charge >= 0.3 is 6.18 Å². The number of nitrogens with zero attached hydrogens (tertiary/aromatic N) is 2. The number of aromatic nitrogens is 1. The number of alkyl halides is 3. The van der Waals surface area contributed by atoms with E-state index in [1.54, 1.807) is 31.3 Å². The minimum atomic E-state index is -4.38. The molecule has 1 atom stereocenters. The molecule has 1 unspecified atom stereocenters. The van der Waals surface area contributed by atoms with Gasteiger partial charge in [0, 0.05) is 28.5 Å². The minimum Gasteiger partial charge on any atom is -0.397 e. The smallest absolute Gasteiger partial charge is 0.397 e. The number of nitrogens with two attached hydrogens (primary N) is 1. The van der Waals surface area contributed by atoms with E-state index in [4.69, 9.17) is 5.73 Å². The van der Waals surface area contributed by atoms with Crippen LogP contribution in [-0.4, -0.2) is 17.1 Å². The molecule has 10 heteroatoms. The lowest BCUT2D eigenvalue weighted by Gasteiger charge is -2.12. The maximum absolute atomic E-state index is 12.7. The van der Waals surface area contributed by atoms with Gasteiger partial charge in [-0.2, -0.15) is 13.2 Å². The molecule has 0 spiro atoms. The highest BCUT2D eigenvalue weighted by Gasteiger charge is 2.30. The van der Waals surface area contributed by atoms with E-state index in [1.165, 1.54) is 35.8 Å². The first-order chi connectivity index (χ1) is 15.2. The number of thiazole rings is 1. The Morgan fingerprint density at radius 1 is 1.25 bits per heavy atom. The predicted octanol–water partition coefficient (Wildman–Crippen LogP) is 5.87. The number of allylic oxidation sites excluding steroid dienone is 1. The molecule has 0 saturated heterocycles. The number of nitrogens with one attached hydrogen (secondary N) is 2.